The number of carbonyl (C=O) groups is 1. The summed E-state index contributed by atoms with van der Waals surface area (Å²) in [6.07, 6.45) is 0. The lowest BCUT2D eigenvalue weighted by molar-refractivity contribution is 0.102. The van der Waals surface area contributed by atoms with E-state index in [1.165, 1.54) is 11.3 Å². The molecule has 1 aromatic heterocycles. The molecule has 0 radical (unpaired) electrons. The van der Waals surface area contributed by atoms with Crippen molar-refractivity contribution in [2.75, 3.05) is 5.32 Å². The molecule has 0 saturated heterocycles. The van der Waals surface area contributed by atoms with Crippen molar-refractivity contribution in [3.05, 3.63) is 58.1 Å². The van der Waals surface area contributed by atoms with E-state index in [1.807, 2.05) is 49.4 Å². The van der Waals surface area contributed by atoms with Crippen LogP contribution in [0.5, 0.6) is 0 Å². The molecule has 3 rings (SSSR count). The zero-order valence-electron chi connectivity index (χ0n) is 10.7. The molecular weight excluding hydrogens is 336 g/mol. The van der Waals surface area contributed by atoms with Gasteiger partial charge in [-0.15, -0.1) is 0 Å². The first kappa shape index (κ1) is 13.3. The summed E-state index contributed by atoms with van der Waals surface area (Å²) in [7, 11) is 0. The Kier molecular flexibility index (Phi) is 3.54. The molecule has 1 amide bonds. The van der Waals surface area contributed by atoms with Crippen LogP contribution >= 0.6 is 27.3 Å². The number of thiazole rings is 1. The standard InChI is InChI=1S/C15H11BrN2OS/c1-9-5-7-10(8-6-9)14(19)18-15-17-12-4-2-3-11(16)13(12)20-15/h2-8H,1H3,(H,17,18,19). The molecule has 0 saturated carbocycles. The van der Waals surface area contributed by atoms with E-state index in [0.717, 1.165) is 20.3 Å². The number of aryl methyl sites for hydroxylation is 1. The highest BCUT2D eigenvalue weighted by atomic mass is 79.9. The van der Waals surface area contributed by atoms with Gasteiger partial charge in [0.05, 0.1) is 10.2 Å². The summed E-state index contributed by atoms with van der Waals surface area (Å²) in [5, 5.41) is 3.45. The quantitative estimate of drug-likeness (QED) is 0.735. The molecule has 5 heteroatoms. The molecule has 2 aromatic carbocycles. The maximum Gasteiger partial charge on any atom is 0.257 e. The fraction of sp³-hybridized carbons (Fsp3) is 0.0667. The summed E-state index contributed by atoms with van der Waals surface area (Å²) in [5.74, 6) is -0.139. The van der Waals surface area contributed by atoms with E-state index in [4.69, 9.17) is 0 Å². The molecule has 1 heterocycles. The predicted molar refractivity (Wildman–Crippen MR) is 86.5 cm³/mol. The maximum absolute atomic E-state index is 12.1. The lowest BCUT2D eigenvalue weighted by Gasteiger charge is -2.01. The van der Waals surface area contributed by atoms with E-state index in [9.17, 15) is 4.79 Å². The predicted octanol–water partition coefficient (Wildman–Crippen LogP) is 4.62. The molecule has 0 aliphatic heterocycles. The summed E-state index contributed by atoms with van der Waals surface area (Å²) < 4.78 is 2.02. The minimum atomic E-state index is -0.139. The van der Waals surface area contributed by atoms with Crippen LogP contribution < -0.4 is 5.32 Å². The van der Waals surface area contributed by atoms with Gasteiger partial charge in [0.2, 0.25) is 0 Å². The molecule has 0 fully saturated rings. The van der Waals surface area contributed by atoms with Crippen LogP contribution in [0.2, 0.25) is 0 Å². The highest BCUT2D eigenvalue weighted by Crippen LogP contribution is 2.32. The molecule has 3 aromatic rings. The van der Waals surface area contributed by atoms with Crippen molar-refractivity contribution in [1.29, 1.82) is 0 Å². The van der Waals surface area contributed by atoms with E-state index >= 15 is 0 Å². The van der Waals surface area contributed by atoms with Gasteiger partial charge in [0, 0.05) is 10.0 Å². The first-order chi connectivity index (χ1) is 9.63. The van der Waals surface area contributed by atoms with Gasteiger partial charge < -0.3 is 0 Å². The molecule has 3 nitrogen and oxygen atoms in total. The van der Waals surface area contributed by atoms with E-state index in [1.54, 1.807) is 0 Å². The zero-order valence-corrected chi connectivity index (χ0v) is 13.1. The average molecular weight is 347 g/mol. The van der Waals surface area contributed by atoms with Gasteiger partial charge in [-0.2, -0.15) is 0 Å². The minimum Gasteiger partial charge on any atom is -0.298 e. The number of hydrogen-bond donors (Lipinski definition) is 1. The number of carbonyl (C=O) groups excluding carboxylic acids is 1. The SMILES string of the molecule is Cc1ccc(C(=O)Nc2nc3cccc(Br)c3s2)cc1. The van der Waals surface area contributed by atoms with Gasteiger partial charge in [0.1, 0.15) is 0 Å². The van der Waals surface area contributed by atoms with Gasteiger partial charge in [-0.25, -0.2) is 4.98 Å². The van der Waals surface area contributed by atoms with Crippen LogP contribution in [0.3, 0.4) is 0 Å². The van der Waals surface area contributed by atoms with Crippen LogP contribution in [0, 0.1) is 6.92 Å². The van der Waals surface area contributed by atoms with E-state index in [2.05, 4.69) is 26.2 Å². The van der Waals surface area contributed by atoms with Crippen LogP contribution in [-0.4, -0.2) is 10.9 Å². The van der Waals surface area contributed by atoms with Gasteiger partial charge in [0.25, 0.3) is 5.91 Å². The third-order valence-corrected chi connectivity index (χ3v) is 4.84. The fourth-order valence-corrected chi connectivity index (χ4v) is 3.31. The normalized spacial score (nSPS) is 10.7. The molecule has 20 heavy (non-hydrogen) atoms. The van der Waals surface area contributed by atoms with Gasteiger partial charge in [0.15, 0.2) is 5.13 Å². The van der Waals surface area contributed by atoms with E-state index < -0.39 is 0 Å². The van der Waals surface area contributed by atoms with Crippen molar-refractivity contribution in [3.8, 4) is 0 Å². The number of fused-ring (bicyclic) bond motifs is 1. The van der Waals surface area contributed by atoms with Crippen LogP contribution in [0.25, 0.3) is 10.2 Å². The number of nitrogens with zero attached hydrogens (tertiary/aromatic N) is 1. The van der Waals surface area contributed by atoms with Crippen LogP contribution in [0.15, 0.2) is 46.9 Å². The third-order valence-electron chi connectivity index (χ3n) is 2.90. The number of hydrogen-bond acceptors (Lipinski definition) is 3. The first-order valence-electron chi connectivity index (χ1n) is 6.06. The van der Waals surface area contributed by atoms with E-state index in [-0.39, 0.29) is 5.91 Å². The number of rotatable bonds is 2. The smallest absolute Gasteiger partial charge is 0.257 e. The van der Waals surface area contributed by atoms with Crippen LogP contribution in [0.1, 0.15) is 15.9 Å². The lowest BCUT2D eigenvalue weighted by atomic mass is 10.1. The number of benzene rings is 2. The summed E-state index contributed by atoms with van der Waals surface area (Å²) >= 11 is 4.95. The topological polar surface area (TPSA) is 42.0 Å². The highest BCUT2D eigenvalue weighted by molar-refractivity contribution is 9.10. The molecule has 1 N–H and O–H groups in total. The summed E-state index contributed by atoms with van der Waals surface area (Å²) in [4.78, 5) is 16.5. The third kappa shape index (κ3) is 2.59. The van der Waals surface area contributed by atoms with Crippen molar-refractivity contribution in [1.82, 2.24) is 4.98 Å². The molecule has 0 spiro atoms. The van der Waals surface area contributed by atoms with Crippen molar-refractivity contribution in [3.63, 3.8) is 0 Å². The number of anilines is 1. The monoisotopic (exact) mass is 346 g/mol. The second kappa shape index (κ2) is 5.34. The van der Waals surface area contributed by atoms with E-state index in [0.29, 0.717) is 10.7 Å². The molecule has 0 unspecified atom stereocenters. The summed E-state index contributed by atoms with van der Waals surface area (Å²) in [6, 6.07) is 13.3. The number of nitrogens with one attached hydrogen (secondary N) is 1. The van der Waals surface area contributed by atoms with Crippen LogP contribution in [0.4, 0.5) is 5.13 Å². The Balaban J connectivity index is 1.87. The van der Waals surface area contributed by atoms with Gasteiger partial charge in [-0.3, -0.25) is 10.1 Å². The molecule has 0 bridgehead atoms. The van der Waals surface area contributed by atoms with Crippen molar-refractivity contribution in [2.24, 2.45) is 0 Å². The largest absolute Gasteiger partial charge is 0.298 e. The number of amides is 1. The second-order valence-electron chi connectivity index (χ2n) is 4.43. The van der Waals surface area contributed by atoms with Crippen molar-refractivity contribution < 1.29 is 4.79 Å². The minimum absolute atomic E-state index is 0.139. The van der Waals surface area contributed by atoms with Crippen molar-refractivity contribution in [2.45, 2.75) is 6.92 Å². The van der Waals surface area contributed by atoms with Crippen LogP contribution in [-0.2, 0) is 0 Å². The van der Waals surface area contributed by atoms with Gasteiger partial charge >= 0.3 is 0 Å². The second-order valence-corrected chi connectivity index (χ2v) is 6.28. The van der Waals surface area contributed by atoms with Gasteiger partial charge in [-0.1, -0.05) is 35.1 Å². The Labute approximate surface area is 128 Å². The number of halogens is 1. The Morgan fingerprint density at radius 3 is 2.65 bits per heavy atom. The lowest BCUT2D eigenvalue weighted by Crippen LogP contribution is -2.11. The average Bonchev–Trinajstić information content (AvgIpc) is 2.83. The molecular formula is C15H11BrN2OS. The highest BCUT2D eigenvalue weighted by Gasteiger charge is 2.10. The zero-order chi connectivity index (χ0) is 14.1. The first-order valence-corrected chi connectivity index (χ1v) is 7.67. The van der Waals surface area contributed by atoms with Gasteiger partial charge in [-0.05, 0) is 47.1 Å². The molecule has 0 aliphatic rings. The molecule has 100 valence electrons. The van der Waals surface area contributed by atoms with Crippen molar-refractivity contribution >= 4 is 48.5 Å². The Hall–Kier alpha value is -1.72. The molecule has 0 aliphatic carbocycles. The summed E-state index contributed by atoms with van der Waals surface area (Å²) in [6.45, 7) is 1.99. The fourth-order valence-electron chi connectivity index (χ4n) is 1.84. The maximum atomic E-state index is 12.1. The Morgan fingerprint density at radius 2 is 1.95 bits per heavy atom. The summed E-state index contributed by atoms with van der Waals surface area (Å²) in [5.41, 5.74) is 2.64. The number of aromatic nitrogens is 1. The molecule has 0 atom stereocenters. The Bertz CT molecular complexity index is 780. The Morgan fingerprint density at radius 1 is 1.20 bits per heavy atom.